The predicted octanol–water partition coefficient (Wildman–Crippen LogP) is 2.02. The molecule has 31 heavy (non-hydrogen) atoms. The number of aliphatic hydroxyl groups is 1. The lowest BCUT2D eigenvalue weighted by atomic mass is 10.3. The van der Waals surface area contributed by atoms with Gasteiger partial charge in [-0.25, -0.2) is 14.3 Å². The van der Waals surface area contributed by atoms with Gasteiger partial charge < -0.3 is 30.1 Å². The van der Waals surface area contributed by atoms with Crippen LogP contribution < -0.4 is 14.8 Å². The first kappa shape index (κ1) is 26.0. The number of carboxylic acids is 2. The maximum absolute atomic E-state index is 9.79. The summed E-state index contributed by atoms with van der Waals surface area (Å²) >= 11 is 5.78. The number of carbonyl (C=O) groups is 2. The molecule has 2 aromatic rings. The van der Waals surface area contributed by atoms with E-state index in [1.807, 2.05) is 13.8 Å². The van der Waals surface area contributed by atoms with E-state index in [-0.39, 0.29) is 13.3 Å². The fraction of sp³-hybridized carbons (Fsp3) is 0.350. The molecule has 0 saturated carbocycles. The van der Waals surface area contributed by atoms with Gasteiger partial charge in [0.1, 0.15) is 24.2 Å². The Hall–Kier alpha value is -3.08. The van der Waals surface area contributed by atoms with E-state index in [2.05, 4.69) is 10.4 Å². The summed E-state index contributed by atoms with van der Waals surface area (Å²) in [6.07, 6.45) is 3.82. The Labute approximate surface area is 184 Å². The average Bonchev–Trinajstić information content (AvgIpc) is 3.14. The molecule has 0 aliphatic heterocycles. The van der Waals surface area contributed by atoms with Crippen LogP contribution in [0.4, 0.5) is 0 Å². The summed E-state index contributed by atoms with van der Waals surface area (Å²) in [6.45, 7) is 5.09. The molecule has 2 rings (SSSR count). The van der Waals surface area contributed by atoms with Gasteiger partial charge in [-0.2, -0.15) is 5.10 Å². The third-order valence-electron chi connectivity index (χ3n) is 3.36. The van der Waals surface area contributed by atoms with E-state index >= 15 is 0 Å². The highest BCUT2D eigenvalue weighted by molar-refractivity contribution is 6.30. The van der Waals surface area contributed by atoms with E-state index in [4.69, 9.17) is 31.3 Å². The summed E-state index contributed by atoms with van der Waals surface area (Å²) in [5.74, 6) is -1.13. The monoisotopic (exact) mass is 455 g/mol. The Morgan fingerprint density at radius 2 is 1.68 bits per heavy atom. The van der Waals surface area contributed by atoms with Crippen molar-refractivity contribution < 1.29 is 34.4 Å². The van der Waals surface area contributed by atoms with Crippen molar-refractivity contribution in [2.24, 2.45) is 0 Å². The van der Waals surface area contributed by atoms with Crippen LogP contribution in [0, 0.1) is 0 Å². The van der Waals surface area contributed by atoms with Crippen molar-refractivity contribution in [3.8, 4) is 11.5 Å². The van der Waals surface area contributed by atoms with E-state index in [0.29, 0.717) is 41.3 Å². The first-order valence-electron chi connectivity index (χ1n) is 9.24. The molecule has 0 bridgehead atoms. The molecule has 0 amide bonds. The number of nitrogens with one attached hydrogen (secondary N) is 1. The number of ether oxygens (including phenoxy) is 2. The van der Waals surface area contributed by atoms with E-state index in [9.17, 15) is 14.7 Å². The second-order valence-corrected chi connectivity index (χ2v) is 6.92. The molecular weight excluding hydrogens is 430 g/mol. The summed E-state index contributed by atoms with van der Waals surface area (Å²) in [5.41, 5.74) is 0. The fourth-order valence-electron chi connectivity index (χ4n) is 1.95. The standard InChI is InChI=1S/C16H22ClN3O3.C4H4O4/c1-12(2)18-8-14(21)10-22-15-3-5-16(6-4-15)23-11-20-9-13(17)7-19-20;5-3(6)1-2-4(7)8/h3-7,9,12,14,18,21H,8,10-11H2,1-2H3;1-2H,(H,5,6)(H,7,8)/b;2-1+. The zero-order valence-electron chi connectivity index (χ0n) is 17.1. The van der Waals surface area contributed by atoms with Crippen molar-refractivity contribution >= 4 is 23.5 Å². The Morgan fingerprint density at radius 3 is 2.13 bits per heavy atom. The van der Waals surface area contributed by atoms with Gasteiger partial charge in [0.15, 0.2) is 6.73 Å². The molecule has 1 aromatic carbocycles. The number of hydrogen-bond donors (Lipinski definition) is 4. The second-order valence-electron chi connectivity index (χ2n) is 6.48. The third kappa shape index (κ3) is 13.0. The van der Waals surface area contributed by atoms with Crippen molar-refractivity contribution in [1.82, 2.24) is 15.1 Å². The number of nitrogens with zero attached hydrogens (tertiary/aromatic N) is 2. The average molecular weight is 456 g/mol. The molecule has 170 valence electrons. The molecule has 1 atom stereocenters. The minimum absolute atomic E-state index is 0.242. The van der Waals surface area contributed by atoms with Crippen LogP contribution in [0.3, 0.4) is 0 Å². The van der Waals surface area contributed by atoms with Gasteiger partial charge in [0.25, 0.3) is 0 Å². The minimum atomic E-state index is -1.26. The Morgan fingerprint density at radius 1 is 1.13 bits per heavy atom. The molecule has 0 aliphatic carbocycles. The maximum atomic E-state index is 9.79. The Bertz CT molecular complexity index is 822. The summed E-state index contributed by atoms with van der Waals surface area (Å²) in [4.78, 5) is 19.1. The number of rotatable bonds is 11. The van der Waals surface area contributed by atoms with Crippen LogP contribution in [0.25, 0.3) is 0 Å². The molecule has 0 spiro atoms. The number of hydrogen-bond acceptors (Lipinski definition) is 7. The quantitative estimate of drug-likeness (QED) is 0.374. The van der Waals surface area contributed by atoms with E-state index in [1.54, 1.807) is 41.3 Å². The number of aromatic nitrogens is 2. The second kappa shape index (κ2) is 14.0. The molecule has 1 aromatic heterocycles. The van der Waals surface area contributed by atoms with Gasteiger partial charge in [-0.05, 0) is 24.3 Å². The van der Waals surface area contributed by atoms with Crippen molar-refractivity contribution in [2.45, 2.75) is 32.7 Å². The van der Waals surface area contributed by atoms with Gasteiger partial charge in [0, 0.05) is 30.9 Å². The lowest BCUT2D eigenvalue weighted by Gasteiger charge is -2.15. The number of benzene rings is 1. The number of aliphatic hydroxyl groups excluding tert-OH is 1. The zero-order chi connectivity index (χ0) is 23.2. The normalized spacial score (nSPS) is 11.6. The van der Waals surface area contributed by atoms with Gasteiger partial charge in [-0.15, -0.1) is 0 Å². The Balaban J connectivity index is 0.000000512. The van der Waals surface area contributed by atoms with Crippen LogP contribution in [0.1, 0.15) is 13.8 Å². The first-order valence-corrected chi connectivity index (χ1v) is 9.62. The van der Waals surface area contributed by atoms with Crippen molar-refractivity contribution in [1.29, 1.82) is 0 Å². The highest BCUT2D eigenvalue weighted by Gasteiger charge is 2.06. The molecule has 0 fully saturated rings. The maximum Gasteiger partial charge on any atom is 0.328 e. The van der Waals surface area contributed by atoms with Gasteiger partial charge >= 0.3 is 11.9 Å². The molecule has 1 heterocycles. The molecule has 0 saturated heterocycles. The van der Waals surface area contributed by atoms with Gasteiger partial charge in [0.2, 0.25) is 0 Å². The van der Waals surface area contributed by atoms with Crippen LogP contribution >= 0.6 is 11.6 Å². The molecule has 1 unspecified atom stereocenters. The van der Waals surface area contributed by atoms with Crippen molar-refractivity contribution in [2.75, 3.05) is 13.2 Å². The lowest BCUT2D eigenvalue weighted by molar-refractivity contribution is -0.134. The van der Waals surface area contributed by atoms with Gasteiger partial charge in [-0.3, -0.25) is 0 Å². The van der Waals surface area contributed by atoms with Crippen LogP contribution in [-0.4, -0.2) is 62.3 Å². The molecule has 10 nitrogen and oxygen atoms in total. The van der Waals surface area contributed by atoms with Crippen LogP contribution in [0.15, 0.2) is 48.8 Å². The Kier molecular flexibility index (Phi) is 11.7. The smallest absolute Gasteiger partial charge is 0.328 e. The third-order valence-corrected chi connectivity index (χ3v) is 3.56. The van der Waals surface area contributed by atoms with Gasteiger partial charge in [-0.1, -0.05) is 25.4 Å². The first-order chi connectivity index (χ1) is 14.7. The minimum Gasteiger partial charge on any atom is -0.491 e. The van der Waals surface area contributed by atoms with Crippen molar-refractivity contribution in [3.05, 3.63) is 53.8 Å². The topological polar surface area (TPSA) is 143 Å². The van der Waals surface area contributed by atoms with Crippen LogP contribution in [0.2, 0.25) is 5.02 Å². The summed E-state index contributed by atoms with van der Waals surface area (Å²) in [6, 6.07) is 7.55. The van der Waals surface area contributed by atoms with E-state index < -0.39 is 18.0 Å². The van der Waals surface area contributed by atoms with Gasteiger partial charge in [0.05, 0.1) is 11.2 Å². The zero-order valence-corrected chi connectivity index (χ0v) is 17.9. The summed E-state index contributed by atoms with van der Waals surface area (Å²) in [7, 11) is 0. The number of aliphatic carboxylic acids is 2. The van der Waals surface area contributed by atoms with Crippen molar-refractivity contribution in [3.63, 3.8) is 0 Å². The lowest BCUT2D eigenvalue weighted by Crippen LogP contribution is -2.35. The molecule has 4 N–H and O–H groups in total. The summed E-state index contributed by atoms with van der Waals surface area (Å²) < 4.78 is 12.7. The van der Waals surface area contributed by atoms with Crippen LogP contribution in [0.5, 0.6) is 11.5 Å². The SMILES string of the molecule is CC(C)NCC(O)COc1ccc(OCn2cc(Cl)cn2)cc1.O=C(O)/C=C/C(=O)O. The molecular formula is C20H26ClN3O7. The highest BCUT2D eigenvalue weighted by Crippen LogP contribution is 2.18. The number of halogens is 1. The molecule has 0 radical (unpaired) electrons. The van der Waals surface area contributed by atoms with E-state index in [0.717, 1.165) is 0 Å². The number of carboxylic acid groups (broad SMARTS) is 2. The molecule has 0 aliphatic rings. The molecule has 11 heteroatoms. The fourth-order valence-corrected chi connectivity index (χ4v) is 2.10. The predicted molar refractivity (Wildman–Crippen MR) is 113 cm³/mol. The van der Waals surface area contributed by atoms with E-state index in [1.165, 1.54) is 0 Å². The summed E-state index contributed by atoms with van der Waals surface area (Å²) in [5, 5.41) is 33.2. The largest absolute Gasteiger partial charge is 0.491 e. The highest BCUT2D eigenvalue weighted by atomic mass is 35.5. The van der Waals surface area contributed by atoms with Crippen LogP contribution in [-0.2, 0) is 16.3 Å².